The van der Waals surface area contributed by atoms with Crippen LogP contribution in [-0.4, -0.2) is 28.4 Å². The van der Waals surface area contributed by atoms with Crippen molar-refractivity contribution in [2.75, 3.05) is 22.1 Å². The lowest BCUT2D eigenvalue weighted by Crippen LogP contribution is -2.15. The predicted octanol–water partition coefficient (Wildman–Crippen LogP) is 1.49. The largest absolute Gasteiger partial charge is 0.325 e. The van der Waals surface area contributed by atoms with Gasteiger partial charge in [-0.25, -0.2) is 0 Å². The van der Waals surface area contributed by atoms with E-state index >= 15 is 0 Å². The van der Waals surface area contributed by atoms with E-state index in [0.717, 1.165) is 0 Å². The Morgan fingerprint density at radius 2 is 1.32 bits per heavy atom. The zero-order chi connectivity index (χ0) is 14.4. The molecule has 2 amide bonds. The number of carbonyl (C=O) groups is 3. The molecule has 1 aromatic carbocycles. The van der Waals surface area contributed by atoms with Crippen molar-refractivity contribution >= 4 is 66.2 Å². The molecule has 5 nitrogen and oxygen atoms in total. The zero-order valence-corrected chi connectivity index (χ0v) is 12.4. The fourth-order valence-corrected chi connectivity index (χ4v) is 1.58. The minimum atomic E-state index is -0.469. The van der Waals surface area contributed by atoms with E-state index in [9.17, 15) is 14.4 Å². The second kappa shape index (κ2) is 7.46. The molecule has 0 atom stereocenters. The van der Waals surface area contributed by atoms with Crippen molar-refractivity contribution < 1.29 is 14.4 Å². The van der Waals surface area contributed by atoms with Crippen LogP contribution in [0.2, 0.25) is 0 Å². The van der Waals surface area contributed by atoms with Crippen LogP contribution in [-0.2, 0) is 9.59 Å². The third kappa shape index (κ3) is 5.17. The van der Waals surface area contributed by atoms with Gasteiger partial charge in [-0.2, -0.15) is 25.3 Å². The van der Waals surface area contributed by atoms with Crippen LogP contribution >= 0.6 is 37.9 Å². The molecular weight excluding hydrogens is 304 g/mol. The highest BCUT2D eigenvalue weighted by atomic mass is 32.1. The van der Waals surface area contributed by atoms with Gasteiger partial charge in [0.25, 0.3) is 0 Å². The molecule has 0 aromatic heterocycles. The average molecular weight is 316 g/mol. The molecule has 0 fully saturated rings. The van der Waals surface area contributed by atoms with Gasteiger partial charge in [0.2, 0.25) is 16.9 Å². The maximum absolute atomic E-state index is 11.3. The van der Waals surface area contributed by atoms with Gasteiger partial charge in [-0.1, -0.05) is 0 Å². The summed E-state index contributed by atoms with van der Waals surface area (Å²) in [5.41, 5.74) is 1.02. The number of thiol groups is 3. The van der Waals surface area contributed by atoms with Gasteiger partial charge in [0, 0.05) is 16.9 Å². The first kappa shape index (κ1) is 15.9. The van der Waals surface area contributed by atoms with Gasteiger partial charge in [0.05, 0.1) is 11.5 Å². The minimum absolute atomic E-state index is 0.0113. The summed E-state index contributed by atoms with van der Waals surface area (Å²) in [4.78, 5) is 33.8. The van der Waals surface area contributed by atoms with Gasteiger partial charge in [-0.15, -0.1) is 12.6 Å². The Kier molecular flexibility index (Phi) is 6.26. The second-order valence-corrected chi connectivity index (χ2v) is 4.56. The monoisotopic (exact) mass is 316 g/mol. The maximum atomic E-state index is 11.3. The van der Waals surface area contributed by atoms with Crippen LogP contribution in [0.25, 0.3) is 0 Å². The molecule has 0 unspecified atom stereocenters. The highest BCUT2D eigenvalue weighted by Crippen LogP contribution is 2.20. The average Bonchev–Trinajstić information content (AvgIpc) is 2.37. The van der Waals surface area contributed by atoms with Crippen molar-refractivity contribution in [3.63, 3.8) is 0 Å². The molecule has 1 aromatic rings. The van der Waals surface area contributed by atoms with Gasteiger partial charge in [-0.3, -0.25) is 14.4 Å². The Hall–Kier alpha value is -1.12. The molecule has 8 heteroatoms. The fourth-order valence-electron chi connectivity index (χ4n) is 1.30. The summed E-state index contributed by atoms with van der Waals surface area (Å²) in [5, 5.41) is 4.62. The lowest BCUT2D eigenvalue weighted by molar-refractivity contribution is -0.114. The third-order valence-corrected chi connectivity index (χ3v) is 2.87. The summed E-state index contributed by atoms with van der Waals surface area (Å²) in [6.45, 7) is 0. The van der Waals surface area contributed by atoms with Gasteiger partial charge in [0.1, 0.15) is 0 Å². The van der Waals surface area contributed by atoms with Crippen molar-refractivity contribution in [2.45, 2.75) is 0 Å². The lowest BCUT2D eigenvalue weighted by atomic mass is 10.2. The van der Waals surface area contributed by atoms with Gasteiger partial charge in [0.15, 0.2) is 0 Å². The van der Waals surface area contributed by atoms with Crippen molar-refractivity contribution in [2.24, 2.45) is 0 Å². The van der Waals surface area contributed by atoms with E-state index in [1.807, 2.05) is 0 Å². The van der Waals surface area contributed by atoms with Crippen LogP contribution in [0.4, 0.5) is 11.4 Å². The van der Waals surface area contributed by atoms with E-state index in [2.05, 4.69) is 48.5 Å². The molecule has 1 rings (SSSR count). The van der Waals surface area contributed by atoms with E-state index in [0.29, 0.717) is 11.4 Å². The molecule has 102 valence electrons. The standard InChI is InChI=1S/C11H12N2O3S3/c14-9(4-17)12-7-1-6(11(16)19)2-8(3-7)13-10(15)5-18/h1-3,17-18H,4-5H2,(H,12,14)(H,13,15)(H,16,19). The summed E-state index contributed by atoms with van der Waals surface area (Å²) >= 11 is 11.4. The summed E-state index contributed by atoms with van der Waals surface area (Å²) < 4.78 is 0. The number of nitrogens with one attached hydrogen (secondary N) is 2. The van der Waals surface area contributed by atoms with E-state index in [4.69, 9.17) is 0 Å². The van der Waals surface area contributed by atoms with E-state index in [1.165, 1.54) is 18.2 Å². The highest BCUT2D eigenvalue weighted by Gasteiger charge is 2.09. The molecule has 0 heterocycles. The Balaban J connectivity index is 3.06. The topological polar surface area (TPSA) is 75.3 Å². The Morgan fingerprint density at radius 3 is 1.63 bits per heavy atom. The third-order valence-electron chi connectivity index (χ3n) is 2.03. The first-order valence-corrected chi connectivity index (χ1v) is 6.87. The molecule has 0 saturated heterocycles. The number of amides is 2. The first-order valence-electron chi connectivity index (χ1n) is 5.16. The molecule has 0 aliphatic rings. The van der Waals surface area contributed by atoms with Crippen molar-refractivity contribution in [1.82, 2.24) is 0 Å². The molecular formula is C11H12N2O3S3. The molecule has 2 N–H and O–H groups in total. The van der Waals surface area contributed by atoms with Crippen LogP contribution in [0.5, 0.6) is 0 Å². The minimum Gasteiger partial charge on any atom is -0.325 e. The number of carbonyl (C=O) groups excluding carboxylic acids is 3. The molecule has 0 spiro atoms. The number of hydrogen-bond donors (Lipinski definition) is 5. The van der Waals surface area contributed by atoms with Crippen molar-refractivity contribution in [3.8, 4) is 0 Å². The summed E-state index contributed by atoms with van der Waals surface area (Å²) in [6, 6.07) is 4.46. The highest BCUT2D eigenvalue weighted by molar-refractivity contribution is 7.97. The quantitative estimate of drug-likeness (QED) is 0.534. The number of benzene rings is 1. The molecule has 0 bridgehead atoms. The summed E-state index contributed by atoms with van der Waals surface area (Å²) in [6.07, 6.45) is 0. The molecule has 0 saturated carbocycles. The van der Waals surface area contributed by atoms with Gasteiger partial charge >= 0.3 is 0 Å². The van der Waals surface area contributed by atoms with E-state index in [-0.39, 0.29) is 28.9 Å². The molecule has 0 aliphatic heterocycles. The van der Waals surface area contributed by atoms with E-state index in [1.54, 1.807) is 0 Å². The summed E-state index contributed by atoms with van der Waals surface area (Å²) in [7, 11) is 0. The first-order chi connectivity index (χ1) is 8.96. The van der Waals surface area contributed by atoms with Crippen LogP contribution in [0.3, 0.4) is 0 Å². The Morgan fingerprint density at radius 1 is 0.895 bits per heavy atom. The maximum Gasteiger partial charge on any atom is 0.234 e. The number of hydrogen-bond acceptors (Lipinski definition) is 5. The zero-order valence-electron chi connectivity index (χ0n) is 9.71. The van der Waals surface area contributed by atoms with Gasteiger partial charge in [-0.05, 0) is 18.2 Å². The molecule has 19 heavy (non-hydrogen) atoms. The predicted molar refractivity (Wildman–Crippen MR) is 84.7 cm³/mol. The SMILES string of the molecule is O=C(CS)Nc1cc(NC(=O)CS)cc(C(=O)S)c1. The number of rotatable bonds is 5. The van der Waals surface area contributed by atoms with Crippen molar-refractivity contribution in [1.29, 1.82) is 0 Å². The van der Waals surface area contributed by atoms with E-state index < -0.39 is 5.12 Å². The Bertz CT molecular complexity index is 484. The number of anilines is 2. The lowest BCUT2D eigenvalue weighted by Gasteiger charge is -2.09. The van der Waals surface area contributed by atoms with Crippen LogP contribution < -0.4 is 10.6 Å². The molecule has 0 aliphatic carbocycles. The molecule has 0 radical (unpaired) electrons. The fraction of sp³-hybridized carbons (Fsp3) is 0.182. The van der Waals surface area contributed by atoms with Crippen LogP contribution in [0.1, 0.15) is 10.4 Å². The van der Waals surface area contributed by atoms with Crippen LogP contribution in [0, 0.1) is 0 Å². The van der Waals surface area contributed by atoms with Gasteiger partial charge < -0.3 is 10.6 Å². The normalized spacial score (nSPS) is 9.84. The Labute approximate surface area is 126 Å². The smallest absolute Gasteiger partial charge is 0.234 e. The summed E-state index contributed by atoms with van der Waals surface area (Å²) in [5.74, 6) is -0.619. The second-order valence-electron chi connectivity index (χ2n) is 3.52. The van der Waals surface area contributed by atoms with Crippen molar-refractivity contribution in [3.05, 3.63) is 23.8 Å². The van der Waals surface area contributed by atoms with Crippen LogP contribution in [0.15, 0.2) is 18.2 Å².